The molecule has 0 aromatic carbocycles. The van der Waals surface area contributed by atoms with E-state index in [1.807, 2.05) is 0 Å². The van der Waals surface area contributed by atoms with Crippen molar-refractivity contribution in [2.45, 2.75) is 49.7 Å². The van der Waals surface area contributed by atoms with E-state index in [9.17, 15) is 38.0 Å². The maximum absolute atomic E-state index is 13.2. The summed E-state index contributed by atoms with van der Waals surface area (Å²) in [5.74, 6) is 0.246. The van der Waals surface area contributed by atoms with Gasteiger partial charge in [0.25, 0.3) is 0 Å². The van der Waals surface area contributed by atoms with Gasteiger partial charge in [-0.25, -0.2) is 43.2 Å². The van der Waals surface area contributed by atoms with E-state index >= 15 is 0 Å². The second-order valence-corrected chi connectivity index (χ2v) is 16.7. The normalized spacial score (nSPS) is 27.8. The fourth-order valence-corrected chi connectivity index (χ4v) is 9.30. The van der Waals surface area contributed by atoms with Crippen LogP contribution in [0.2, 0.25) is 0 Å². The molecule has 2 saturated heterocycles. The predicted octanol–water partition coefficient (Wildman–Crippen LogP) is 0.217. The van der Waals surface area contributed by atoms with Gasteiger partial charge in [0, 0.05) is 19.0 Å². The van der Waals surface area contributed by atoms with E-state index in [2.05, 4.69) is 33.5 Å². The third-order valence-electron chi connectivity index (χ3n) is 7.42. The molecule has 10 N–H and O–H groups in total. The van der Waals surface area contributed by atoms with Gasteiger partial charge in [-0.05, 0) is 6.07 Å². The van der Waals surface area contributed by atoms with E-state index in [0.29, 0.717) is 16.6 Å². The average molecular weight is 803 g/mol. The van der Waals surface area contributed by atoms with Crippen LogP contribution in [-0.4, -0.2) is 101 Å². The highest BCUT2D eigenvalue weighted by Crippen LogP contribution is 2.66. The van der Waals surface area contributed by atoms with Crippen LogP contribution in [0.1, 0.15) is 25.3 Å². The van der Waals surface area contributed by atoms with Crippen molar-refractivity contribution in [1.29, 1.82) is 0 Å². The number of hydrogen-bond donors (Lipinski definition) is 8. The molecule has 0 radical (unpaired) electrons. The number of nitrogens with two attached hydrogens (primary N) is 2. The Bertz CT molecular complexity index is 2110. The first-order valence-electron chi connectivity index (χ1n) is 14.2. The molecule has 30 heteroatoms. The molecular formula is C21H29N9O17P4. The van der Waals surface area contributed by atoms with Gasteiger partial charge in [-0.15, -0.1) is 0 Å². The molecule has 0 aliphatic carbocycles. The molecule has 51 heavy (non-hydrogen) atoms. The number of aromatic nitrogens is 7. The third-order valence-corrected chi connectivity index (χ3v) is 12.2. The fourth-order valence-electron chi connectivity index (χ4n) is 5.31. The summed E-state index contributed by atoms with van der Waals surface area (Å²) < 4.78 is 85.5. The molecule has 2 aliphatic rings. The Morgan fingerprint density at radius 1 is 0.765 bits per heavy atom. The summed E-state index contributed by atoms with van der Waals surface area (Å²) in [5, 5.41) is 11.0. The standard InChI is InChI=1S/C21H29N9O17P4/c22-18-10-1-2-29(20(10)26-7-24-18)16-4-12(14(44-16)6-42-50(37,38)47-51(39,40)46-48(32,33)34)45-49(35,36)41-5-13-11(31)3-15(43-13)30-9-28-17-19(23)25-8-27-21(17)30/h1-2,7-9,11-16,31H,3-6H2,(H,35,36)(H,37,38)(H,39,40)(H2,22,24,26)(H2,23,25,27)(H2,32,33,34)/t11?,12?,13-,14-,15-,16-/m1/s1. The lowest BCUT2D eigenvalue weighted by molar-refractivity contribution is -0.0548. The lowest BCUT2D eigenvalue weighted by Crippen LogP contribution is -2.30. The van der Waals surface area contributed by atoms with Crippen molar-refractivity contribution < 1.29 is 79.5 Å². The molecule has 0 spiro atoms. The molecule has 280 valence electrons. The monoisotopic (exact) mass is 803 g/mol. The molecule has 6 rings (SSSR count). The van der Waals surface area contributed by atoms with Crippen molar-refractivity contribution in [2.24, 2.45) is 0 Å². The Kier molecular flexibility index (Phi) is 10.6. The Hall–Kier alpha value is -2.83. The number of nitrogen functional groups attached to an aromatic ring is 2. The maximum atomic E-state index is 13.2. The molecule has 0 amide bonds. The Morgan fingerprint density at radius 2 is 1.39 bits per heavy atom. The van der Waals surface area contributed by atoms with Gasteiger partial charge in [-0.1, -0.05) is 0 Å². The van der Waals surface area contributed by atoms with Crippen LogP contribution >= 0.6 is 31.3 Å². The minimum atomic E-state index is -5.85. The number of nitrogens with zero attached hydrogens (tertiary/aromatic N) is 7. The molecule has 2 fully saturated rings. The highest BCUT2D eigenvalue weighted by molar-refractivity contribution is 7.66. The molecule has 9 atom stereocenters. The smallest absolute Gasteiger partial charge is 0.390 e. The van der Waals surface area contributed by atoms with Gasteiger partial charge in [-0.2, -0.15) is 8.62 Å². The Balaban J connectivity index is 1.14. The van der Waals surface area contributed by atoms with E-state index < -0.39 is 81.4 Å². The third kappa shape index (κ3) is 8.87. The van der Waals surface area contributed by atoms with Crippen molar-refractivity contribution >= 4 is 65.1 Å². The molecule has 0 saturated carbocycles. The zero-order valence-electron chi connectivity index (χ0n) is 25.4. The fraction of sp³-hybridized carbons (Fsp3) is 0.476. The Labute approximate surface area is 284 Å². The number of anilines is 2. The number of phosphoric ester groups is 2. The van der Waals surface area contributed by atoms with Crippen LogP contribution in [0, 0.1) is 0 Å². The molecule has 5 unspecified atom stereocenters. The molecule has 6 heterocycles. The second-order valence-electron chi connectivity index (χ2n) is 10.9. The van der Waals surface area contributed by atoms with Crippen molar-refractivity contribution in [3.05, 3.63) is 31.2 Å². The van der Waals surface area contributed by atoms with Gasteiger partial charge in [-0.3, -0.25) is 18.1 Å². The van der Waals surface area contributed by atoms with Crippen molar-refractivity contribution in [3.8, 4) is 0 Å². The largest absolute Gasteiger partial charge is 0.490 e. The van der Waals surface area contributed by atoms with Crippen LogP contribution in [0.25, 0.3) is 22.2 Å². The number of imidazole rings is 1. The second kappa shape index (κ2) is 14.2. The molecule has 0 bridgehead atoms. The first kappa shape index (κ1) is 37.9. The first-order chi connectivity index (χ1) is 23.8. The maximum Gasteiger partial charge on any atom is 0.490 e. The van der Waals surface area contributed by atoms with Gasteiger partial charge < -0.3 is 55.1 Å². The lowest BCUT2D eigenvalue weighted by Gasteiger charge is -2.23. The zero-order chi connectivity index (χ0) is 36.9. The summed E-state index contributed by atoms with van der Waals surface area (Å²) in [7, 11) is -22.2. The van der Waals surface area contributed by atoms with Crippen molar-refractivity contribution in [3.63, 3.8) is 0 Å². The molecular weight excluding hydrogens is 774 g/mol. The minimum absolute atomic E-state index is 0.0136. The number of fused-ring (bicyclic) bond motifs is 2. The molecule has 2 aliphatic heterocycles. The van der Waals surface area contributed by atoms with Crippen molar-refractivity contribution in [2.75, 3.05) is 24.7 Å². The molecule has 26 nitrogen and oxygen atoms in total. The van der Waals surface area contributed by atoms with E-state index in [1.54, 1.807) is 6.07 Å². The molecule has 4 aromatic rings. The molecule has 4 aromatic heterocycles. The number of rotatable bonds is 14. The van der Waals surface area contributed by atoms with E-state index in [0.717, 1.165) is 0 Å². The summed E-state index contributed by atoms with van der Waals surface area (Å²) >= 11 is 0. The summed E-state index contributed by atoms with van der Waals surface area (Å²) in [4.78, 5) is 67.8. The van der Waals surface area contributed by atoms with Crippen LogP contribution in [0.3, 0.4) is 0 Å². The first-order valence-corrected chi connectivity index (χ1v) is 20.2. The quantitative estimate of drug-likeness (QED) is 0.0790. The predicted molar refractivity (Wildman–Crippen MR) is 165 cm³/mol. The van der Waals surface area contributed by atoms with Crippen LogP contribution in [0.4, 0.5) is 11.6 Å². The highest BCUT2D eigenvalue weighted by atomic mass is 31.3. The zero-order valence-corrected chi connectivity index (χ0v) is 29.0. The topological polar surface area (TPSA) is 381 Å². The number of aliphatic hydroxyl groups is 1. The van der Waals surface area contributed by atoms with Crippen LogP contribution in [0.15, 0.2) is 31.2 Å². The Morgan fingerprint density at radius 3 is 2.12 bits per heavy atom. The summed E-state index contributed by atoms with van der Waals surface area (Å²) in [6.45, 7) is -1.68. The van der Waals surface area contributed by atoms with E-state index in [4.69, 9.17) is 44.3 Å². The van der Waals surface area contributed by atoms with Crippen molar-refractivity contribution in [1.82, 2.24) is 34.1 Å². The van der Waals surface area contributed by atoms with Gasteiger partial charge >= 0.3 is 31.3 Å². The van der Waals surface area contributed by atoms with Gasteiger partial charge in [0.2, 0.25) is 0 Å². The SMILES string of the molecule is Nc1ncnc2c1ccn2[C@H]1CC(OP(=O)(O)OC[C@H]2O[C@@H](n3cnc4c(N)ncnc43)CC2O)[C@@H](COP(=O)(O)OP(=O)(O)OP(=O)(O)O)O1. The average Bonchev–Trinajstić information content (AvgIpc) is 3.79. The van der Waals surface area contributed by atoms with Gasteiger partial charge in [0.15, 0.2) is 11.5 Å². The number of phosphoric acid groups is 4. The van der Waals surface area contributed by atoms with Crippen LogP contribution < -0.4 is 11.5 Å². The van der Waals surface area contributed by atoms with Crippen LogP contribution in [0.5, 0.6) is 0 Å². The highest BCUT2D eigenvalue weighted by Gasteiger charge is 2.46. The number of aliphatic hydroxyl groups excluding tert-OH is 1. The van der Waals surface area contributed by atoms with E-state index in [1.165, 1.54) is 34.3 Å². The van der Waals surface area contributed by atoms with Gasteiger partial charge in [0.05, 0.1) is 31.0 Å². The number of hydrogen-bond acceptors (Lipinski definition) is 19. The van der Waals surface area contributed by atoms with Crippen LogP contribution in [-0.2, 0) is 49.9 Å². The minimum Gasteiger partial charge on any atom is -0.390 e. The van der Waals surface area contributed by atoms with E-state index in [-0.39, 0.29) is 30.1 Å². The summed E-state index contributed by atoms with van der Waals surface area (Å²) in [6, 6.07) is 1.55. The number of ether oxygens (including phenoxy) is 2. The van der Waals surface area contributed by atoms with Gasteiger partial charge in [0.1, 0.15) is 60.4 Å². The summed E-state index contributed by atoms with van der Waals surface area (Å²) in [6.07, 6.45) is -2.15. The lowest BCUT2D eigenvalue weighted by atomic mass is 10.2. The summed E-state index contributed by atoms with van der Waals surface area (Å²) in [5.41, 5.74) is 12.6.